The molecular weight excluding hydrogens is 260 g/mol. The third-order valence-electron chi connectivity index (χ3n) is 2.92. The van der Waals surface area contributed by atoms with Crippen LogP contribution in [0.4, 0.5) is 5.69 Å². The third-order valence-corrected chi connectivity index (χ3v) is 2.92. The van der Waals surface area contributed by atoms with Crippen molar-refractivity contribution in [1.29, 1.82) is 0 Å². The smallest absolute Gasteiger partial charge is 0.273 e. The van der Waals surface area contributed by atoms with E-state index in [1.54, 1.807) is 29.1 Å². The molecule has 6 heteroatoms. The summed E-state index contributed by atoms with van der Waals surface area (Å²) in [6.45, 7) is 1.93. The molecule has 0 amide bonds. The van der Waals surface area contributed by atoms with Crippen LogP contribution >= 0.6 is 0 Å². The third kappa shape index (κ3) is 3.03. The Hall–Kier alpha value is -2.63. The number of carbonyl (C=O) groups is 1. The number of methoxy groups -OCH3 is 1. The molecule has 0 spiro atoms. The van der Waals surface area contributed by atoms with E-state index >= 15 is 0 Å². The van der Waals surface area contributed by atoms with Gasteiger partial charge in [0, 0.05) is 30.6 Å². The molecule has 0 saturated carbocycles. The monoisotopic (exact) mass is 274 g/mol. The number of nitro benzene ring substituents is 1. The van der Waals surface area contributed by atoms with Gasteiger partial charge in [-0.1, -0.05) is 0 Å². The largest absolute Gasteiger partial charge is 0.496 e. The van der Waals surface area contributed by atoms with Crippen LogP contribution < -0.4 is 4.74 Å². The maximum absolute atomic E-state index is 11.2. The molecule has 20 heavy (non-hydrogen) atoms. The minimum Gasteiger partial charge on any atom is -0.496 e. The van der Waals surface area contributed by atoms with Crippen molar-refractivity contribution < 1.29 is 14.5 Å². The molecule has 0 saturated heterocycles. The predicted molar refractivity (Wildman–Crippen MR) is 73.2 cm³/mol. The van der Waals surface area contributed by atoms with Crippen LogP contribution in [0.2, 0.25) is 0 Å². The quantitative estimate of drug-likeness (QED) is 0.477. The zero-order valence-corrected chi connectivity index (χ0v) is 11.2. The molecule has 0 radical (unpaired) electrons. The topological polar surface area (TPSA) is 74.4 Å². The number of nitrogens with zero attached hydrogens (tertiary/aromatic N) is 2. The summed E-state index contributed by atoms with van der Waals surface area (Å²) in [7, 11) is 1.46. The standard InChI is InChI=1S/C14H14N2O4/c1-10(17)12-3-4-15(9-12)8-11-5-13(16(18)19)7-14(6-11)20-2/h3-7,9H,8H2,1-2H3. The maximum Gasteiger partial charge on any atom is 0.273 e. The zero-order chi connectivity index (χ0) is 14.7. The fourth-order valence-electron chi connectivity index (χ4n) is 1.92. The van der Waals surface area contributed by atoms with E-state index in [4.69, 9.17) is 4.74 Å². The number of carbonyl (C=O) groups excluding carboxylic acids is 1. The number of non-ortho nitro benzene ring substituents is 1. The highest BCUT2D eigenvalue weighted by Crippen LogP contribution is 2.23. The van der Waals surface area contributed by atoms with Crippen LogP contribution in [0.25, 0.3) is 0 Å². The SMILES string of the molecule is COc1cc(Cn2ccc(C(C)=O)c2)cc([N+](=O)[O-])c1. The van der Waals surface area contributed by atoms with Crippen molar-refractivity contribution in [1.82, 2.24) is 4.57 Å². The van der Waals surface area contributed by atoms with Crippen molar-refractivity contribution in [3.63, 3.8) is 0 Å². The molecule has 104 valence electrons. The summed E-state index contributed by atoms with van der Waals surface area (Å²) in [6, 6.07) is 6.33. The second kappa shape index (κ2) is 5.56. The van der Waals surface area contributed by atoms with Gasteiger partial charge < -0.3 is 9.30 Å². The fourth-order valence-corrected chi connectivity index (χ4v) is 1.92. The first kappa shape index (κ1) is 13.8. The van der Waals surface area contributed by atoms with E-state index in [1.165, 1.54) is 26.2 Å². The van der Waals surface area contributed by atoms with E-state index in [9.17, 15) is 14.9 Å². The normalized spacial score (nSPS) is 10.3. The Labute approximate surface area is 115 Å². The summed E-state index contributed by atoms with van der Waals surface area (Å²) in [5.41, 5.74) is 1.34. The van der Waals surface area contributed by atoms with Crippen molar-refractivity contribution in [3.8, 4) is 5.75 Å². The van der Waals surface area contributed by atoms with Gasteiger partial charge in [-0.25, -0.2) is 0 Å². The van der Waals surface area contributed by atoms with Gasteiger partial charge in [0.1, 0.15) is 5.75 Å². The summed E-state index contributed by atoms with van der Waals surface area (Å²) in [4.78, 5) is 21.6. The summed E-state index contributed by atoms with van der Waals surface area (Å²) in [6.07, 6.45) is 3.48. The Balaban J connectivity index is 2.29. The van der Waals surface area contributed by atoms with E-state index in [2.05, 4.69) is 0 Å². The number of hydrogen-bond acceptors (Lipinski definition) is 4. The number of rotatable bonds is 5. The molecule has 0 fully saturated rings. The zero-order valence-electron chi connectivity index (χ0n) is 11.2. The van der Waals surface area contributed by atoms with Gasteiger partial charge in [-0.3, -0.25) is 14.9 Å². The van der Waals surface area contributed by atoms with Crippen molar-refractivity contribution in [2.24, 2.45) is 0 Å². The van der Waals surface area contributed by atoms with Gasteiger partial charge in [-0.05, 0) is 24.6 Å². The molecule has 0 atom stereocenters. The summed E-state index contributed by atoms with van der Waals surface area (Å²) in [5, 5.41) is 10.9. The molecule has 0 aliphatic rings. The molecule has 0 bridgehead atoms. The Morgan fingerprint density at radius 2 is 2.15 bits per heavy atom. The van der Waals surface area contributed by atoms with Crippen LogP contribution in [0.1, 0.15) is 22.8 Å². The van der Waals surface area contributed by atoms with Gasteiger partial charge in [-0.15, -0.1) is 0 Å². The van der Waals surface area contributed by atoms with Gasteiger partial charge in [0.15, 0.2) is 5.78 Å². The van der Waals surface area contributed by atoms with Gasteiger partial charge in [-0.2, -0.15) is 0 Å². The van der Waals surface area contributed by atoms with Crippen LogP contribution in [0.5, 0.6) is 5.75 Å². The number of ketones is 1. The van der Waals surface area contributed by atoms with Crippen LogP contribution in [-0.2, 0) is 6.54 Å². The molecule has 1 heterocycles. The molecule has 1 aromatic carbocycles. The van der Waals surface area contributed by atoms with Gasteiger partial charge in [0.25, 0.3) is 5.69 Å². The Morgan fingerprint density at radius 3 is 2.70 bits per heavy atom. The number of Topliss-reactive ketones (excluding diaryl/α,β-unsaturated/α-hetero) is 1. The van der Waals surface area contributed by atoms with Crippen LogP contribution in [0, 0.1) is 10.1 Å². The number of benzene rings is 1. The molecule has 6 nitrogen and oxygen atoms in total. The average Bonchev–Trinajstić information content (AvgIpc) is 2.87. The fraction of sp³-hybridized carbons (Fsp3) is 0.214. The Kier molecular flexibility index (Phi) is 3.84. The minimum absolute atomic E-state index is 0.0135. The van der Waals surface area contributed by atoms with E-state index in [-0.39, 0.29) is 11.5 Å². The Bertz CT molecular complexity index is 661. The molecule has 0 N–H and O–H groups in total. The van der Waals surface area contributed by atoms with Gasteiger partial charge >= 0.3 is 0 Å². The van der Waals surface area contributed by atoms with E-state index in [1.807, 2.05) is 0 Å². The second-order valence-electron chi connectivity index (χ2n) is 4.43. The molecule has 0 aliphatic carbocycles. The lowest BCUT2D eigenvalue weighted by molar-refractivity contribution is -0.385. The molecule has 2 aromatic rings. The van der Waals surface area contributed by atoms with Crippen LogP contribution in [0.15, 0.2) is 36.7 Å². The predicted octanol–water partition coefficient (Wildman–Crippen LogP) is 2.66. The molecule has 0 aliphatic heterocycles. The van der Waals surface area contributed by atoms with Gasteiger partial charge in [0.05, 0.1) is 18.1 Å². The van der Waals surface area contributed by atoms with Crippen molar-refractivity contribution in [2.45, 2.75) is 13.5 Å². The van der Waals surface area contributed by atoms with E-state index in [0.717, 1.165) is 5.56 Å². The van der Waals surface area contributed by atoms with Crippen molar-refractivity contribution in [2.75, 3.05) is 7.11 Å². The highest BCUT2D eigenvalue weighted by Gasteiger charge is 2.11. The highest BCUT2D eigenvalue weighted by molar-refractivity contribution is 5.93. The average molecular weight is 274 g/mol. The summed E-state index contributed by atoms with van der Waals surface area (Å²) in [5.74, 6) is 0.425. The van der Waals surface area contributed by atoms with E-state index < -0.39 is 4.92 Å². The lowest BCUT2D eigenvalue weighted by atomic mass is 10.2. The number of nitro groups is 1. The molecule has 1 aromatic heterocycles. The van der Waals surface area contributed by atoms with Crippen LogP contribution in [0.3, 0.4) is 0 Å². The maximum atomic E-state index is 11.2. The first-order valence-corrected chi connectivity index (χ1v) is 5.98. The number of hydrogen-bond donors (Lipinski definition) is 0. The van der Waals surface area contributed by atoms with Crippen molar-refractivity contribution >= 4 is 11.5 Å². The number of aromatic nitrogens is 1. The summed E-state index contributed by atoms with van der Waals surface area (Å²) >= 11 is 0. The molecule has 0 unspecified atom stereocenters. The first-order chi connectivity index (χ1) is 9.49. The first-order valence-electron chi connectivity index (χ1n) is 5.98. The Morgan fingerprint density at radius 1 is 1.40 bits per heavy atom. The second-order valence-corrected chi connectivity index (χ2v) is 4.43. The van der Waals surface area contributed by atoms with Crippen LogP contribution in [-0.4, -0.2) is 22.4 Å². The highest BCUT2D eigenvalue weighted by atomic mass is 16.6. The summed E-state index contributed by atoms with van der Waals surface area (Å²) < 4.78 is 6.86. The molecular formula is C14H14N2O4. The van der Waals surface area contributed by atoms with Crippen molar-refractivity contribution in [3.05, 3.63) is 57.9 Å². The van der Waals surface area contributed by atoms with E-state index in [0.29, 0.717) is 17.9 Å². The molecule has 2 rings (SSSR count). The lowest BCUT2D eigenvalue weighted by Gasteiger charge is -2.06. The minimum atomic E-state index is -0.456. The van der Waals surface area contributed by atoms with Gasteiger partial charge in [0.2, 0.25) is 0 Å². The number of ether oxygens (including phenoxy) is 1. The lowest BCUT2D eigenvalue weighted by Crippen LogP contribution is -1.99.